The van der Waals surface area contributed by atoms with E-state index in [1.54, 1.807) is 16.9 Å². The molecule has 0 bridgehead atoms. The number of para-hydroxylation sites is 1. The zero-order chi connectivity index (χ0) is 15.1. The number of carbonyl (C=O) groups excluding carboxylic acids is 1. The maximum atomic E-state index is 11.9. The van der Waals surface area contributed by atoms with Gasteiger partial charge >= 0.3 is 5.97 Å². The molecule has 0 spiro atoms. The fourth-order valence-electron chi connectivity index (χ4n) is 1.86. The van der Waals surface area contributed by atoms with E-state index < -0.39 is 5.97 Å². The number of rotatable bonds is 7. The molecule has 0 atom stereocenters. The van der Waals surface area contributed by atoms with Gasteiger partial charge in [0.25, 0.3) is 5.91 Å². The largest absolute Gasteiger partial charge is 0.481 e. The van der Waals surface area contributed by atoms with Crippen molar-refractivity contribution in [3.05, 3.63) is 48.3 Å². The third-order valence-electron chi connectivity index (χ3n) is 2.95. The summed E-state index contributed by atoms with van der Waals surface area (Å²) in [5.74, 6) is -1.07. The van der Waals surface area contributed by atoms with Gasteiger partial charge in [0, 0.05) is 19.2 Å². The molecular weight excluding hydrogens is 270 g/mol. The molecule has 0 saturated heterocycles. The van der Waals surface area contributed by atoms with Crippen LogP contribution >= 0.6 is 0 Å². The molecule has 2 rings (SSSR count). The molecule has 1 aromatic carbocycles. The number of aromatic nitrogens is 2. The van der Waals surface area contributed by atoms with E-state index in [9.17, 15) is 9.59 Å². The third kappa shape index (κ3) is 4.45. The number of amides is 1. The van der Waals surface area contributed by atoms with Crippen molar-refractivity contribution in [2.24, 2.45) is 0 Å². The lowest BCUT2D eigenvalue weighted by atomic mass is 10.2. The van der Waals surface area contributed by atoms with E-state index >= 15 is 0 Å². The van der Waals surface area contributed by atoms with E-state index in [0.29, 0.717) is 25.1 Å². The van der Waals surface area contributed by atoms with Crippen molar-refractivity contribution in [3.63, 3.8) is 0 Å². The Kier molecular flexibility index (Phi) is 5.09. The summed E-state index contributed by atoms with van der Waals surface area (Å²) in [5.41, 5.74) is 1.23. The highest BCUT2D eigenvalue weighted by molar-refractivity contribution is 5.92. The number of carboxylic acids is 1. The summed E-state index contributed by atoms with van der Waals surface area (Å²) >= 11 is 0. The van der Waals surface area contributed by atoms with Gasteiger partial charge in [-0.1, -0.05) is 18.2 Å². The first kappa shape index (κ1) is 14.8. The normalized spacial score (nSPS) is 10.3. The van der Waals surface area contributed by atoms with Gasteiger partial charge < -0.3 is 10.4 Å². The molecule has 0 unspecified atom stereocenters. The number of hydrogen-bond acceptors (Lipinski definition) is 3. The van der Waals surface area contributed by atoms with Crippen LogP contribution in [0.25, 0.3) is 5.69 Å². The summed E-state index contributed by atoms with van der Waals surface area (Å²) in [6.07, 6.45) is 3.04. The lowest BCUT2D eigenvalue weighted by Crippen LogP contribution is -2.25. The van der Waals surface area contributed by atoms with Crippen LogP contribution < -0.4 is 5.32 Å². The van der Waals surface area contributed by atoms with Gasteiger partial charge in [-0.25, -0.2) is 4.68 Å². The number of carboxylic acid groups (broad SMARTS) is 1. The second-order valence-electron chi connectivity index (χ2n) is 4.59. The number of nitrogens with one attached hydrogen (secondary N) is 1. The summed E-state index contributed by atoms with van der Waals surface area (Å²) in [4.78, 5) is 22.2. The lowest BCUT2D eigenvalue weighted by molar-refractivity contribution is -0.137. The Morgan fingerprint density at radius 3 is 2.62 bits per heavy atom. The highest BCUT2D eigenvalue weighted by atomic mass is 16.4. The van der Waals surface area contributed by atoms with Crippen LogP contribution in [0.15, 0.2) is 42.6 Å². The first-order valence-corrected chi connectivity index (χ1v) is 6.78. The summed E-state index contributed by atoms with van der Waals surface area (Å²) in [5, 5.41) is 15.5. The molecule has 21 heavy (non-hydrogen) atoms. The SMILES string of the molecule is O=C(O)CCCCNC(=O)c1ccn(-c2ccccc2)n1. The van der Waals surface area contributed by atoms with Gasteiger partial charge in [-0.3, -0.25) is 9.59 Å². The molecule has 110 valence electrons. The van der Waals surface area contributed by atoms with Gasteiger partial charge in [0.1, 0.15) is 0 Å². The van der Waals surface area contributed by atoms with Crippen LogP contribution in [-0.2, 0) is 4.79 Å². The first-order valence-electron chi connectivity index (χ1n) is 6.78. The summed E-state index contributed by atoms with van der Waals surface area (Å²) in [7, 11) is 0. The second kappa shape index (κ2) is 7.23. The van der Waals surface area contributed by atoms with Gasteiger partial charge in [-0.2, -0.15) is 5.10 Å². The zero-order valence-corrected chi connectivity index (χ0v) is 11.5. The van der Waals surface area contributed by atoms with Crippen LogP contribution in [-0.4, -0.2) is 33.3 Å². The number of nitrogens with zero attached hydrogens (tertiary/aromatic N) is 2. The smallest absolute Gasteiger partial charge is 0.303 e. The van der Waals surface area contributed by atoms with Gasteiger partial charge in [0.2, 0.25) is 0 Å². The Morgan fingerprint density at radius 2 is 1.90 bits per heavy atom. The Bertz CT molecular complexity index is 608. The highest BCUT2D eigenvalue weighted by Gasteiger charge is 2.09. The van der Waals surface area contributed by atoms with Gasteiger partial charge in [0.15, 0.2) is 5.69 Å². The van der Waals surface area contributed by atoms with E-state index in [2.05, 4.69) is 10.4 Å². The molecular formula is C15H17N3O3. The second-order valence-corrected chi connectivity index (χ2v) is 4.59. The topological polar surface area (TPSA) is 84.2 Å². The van der Waals surface area contributed by atoms with E-state index in [1.807, 2.05) is 30.3 Å². The van der Waals surface area contributed by atoms with Crippen molar-refractivity contribution < 1.29 is 14.7 Å². The van der Waals surface area contributed by atoms with Crippen molar-refractivity contribution in [2.45, 2.75) is 19.3 Å². The van der Waals surface area contributed by atoms with Crippen LogP contribution in [0.5, 0.6) is 0 Å². The van der Waals surface area contributed by atoms with E-state index in [-0.39, 0.29) is 12.3 Å². The lowest BCUT2D eigenvalue weighted by Gasteiger charge is -2.02. The summed E-state index contributed by atoms with van der Waals surface area (Å²) in [6.45, 7) is 0.449. The fraction of sp³-hybridized carbons (Fsp3) is 0.267. The molecule has 1 amide bonds. The summed E-state index contributed by atoms with van der Waals surface area (Å²) < 4.78 is 1.64. The molecule has 6 heteroatoms. The summed E-state index contributed by atoms with van der Waals surface area (Å²) in [6, 6.07) is 11.2. The van der Waals surface area contributed by atoms with Gasteiger partial charge in [-0.15, -0.1) is 0 Å². The Balaban J connectivity index is 1.84. The molecule has 0 saturated carbocycles. The average Bonchev–Trinajstić information content (AvgIpc) is 2.97. The minimum absolute atomic E-state index is 0.124. The van der Waals surface area contributed by atoms with E-state index in [4.69, 9.17) is 5.11 Å². The predicted octanol–water partition coefficient (Wildman–Crippen LogP) is 1.86. The van der Waals surface area contributed by atoms with Crippen molar-refractivity contribution in [2.75, 3.05) is 6.54 Å². The van der Waals surface area contributed by atoms with E-state index in [1.165, 1.54) is 0 Å². The Hall–Kier alpha value is -2.63. The standard InChI is InChI=1S/C15H17N3O3/c19-14(20)8-4-5-10-16-15(21)13-9-11-18(17-13)12-6-2-1-3-7-12/h1-3,6-7,9,11H,4-5,8,10H2,(H,16,21)(H,19,20). The van der Waals surface area contributed by atoms with Crippen molar-refractivity contribution in [1.29, 1.82) is 0 Å². The van der Waals surface area contributed by atoms with Crippen molar-refractivity contribution >= 4 is 11.9 Å². The number of aliphatic carboxylic acids is 1. The molecule has 0 radical (unpaired) electrons. The quantitative estimate of drug-likeness (QED) is 0.761. The molecule has 1 aromatic heterocycles. The Morgan fingerprint density at radius 1 is 1.14 bits per heavy atom. The predicted molar refractivity (Wildman–Crippen MR) is 77.4 cm³/mol. The molecule has 2 N–H and O–H groups in total. The number of hydrogen-bond donors (Lipinski definition) is 2. The number of benzene rings is 1. The molecule has 0 aliphatic heterocycles. The minimum atomic E-state index is -0.817. The van der Waals surface area contributed by atoms with Crippen LogP contribution in [0.2, 0.25) is 0 Å². The average molecular weight is 287 g/mol. The third-order valence-corrected chi connectivity index (χ3v) is 2.95. The highest BCUT2D eigenvalue weighted by Crippen LogP contribution is 2.06. The number of unbranched alkanes of at least 4 members (excludes halogenated alkanes) is 1. The van der Waals surface area contributed by atoms with Crippen molar-refractivity contribution in [1.82, 2.24) is 15.1 Å². The van der Waals surface area contributed by atoms with Crippen LogP contribution in [0.1, 0.15) is 29.8 Å². The maximum absolute atomic E-state index is 11.9. The zero-order valence-electron chi connectivity index (χ0n) is 11.5. The van der Waals surface area contributed by atoms with E-state index in [0.717, 1.165) is 5.69 Å². The van der Waals surface area contributed by atoms with Crippen molar-refractivity contribution in [3.8, 4) is 5.69 Å². The molecule has 6 nitrogen and oxygen atoms in total. The van der Waals surface area contributed by atoms with Crippen LogP contribution in [0.4, 0.5) is 0 Å². The minimum Gasteiger partial charge on any atom is -0.481 e. The van der Waals surface area contributed by atoms with Gasteiger partial charge in [0.05, 0.1) is 5.69 Å². The molecule has 2 aromatic rings. The van der Waals surface area contributed by atoms with Crippen LogP contribution in [0.3, 0.4) is 0 Å². The monoisotopic (exact) mass is 287 g/mol. The molecule has 1 heterocycles. The molecule has 0 fully saturated rings. The molecule has 0 aliphatic carbocycles. The van der Waals surface area contributed by atoms with Gasteiger partial charge in [-0.05, 0) is 31.0 Å². The Labute approximate surface area is 122 Å². The number of carbonyl (C=O) groups is 2. The molecule has 0 aliphatic rings. The van der Waals surface area contributed by atoms with Crippen LogP contribution in [0, 0.1) is 0 Å². The maximum Gasteiger partial charge on any atom is 0.303 e. The fourth-order valence-corrected chi connectivity index (χ4v) is 1.86. The first-order chi connectivity index (χ1) is 10.2.